The summed E-state index contributed by atoms with van der Waals surface area (Å²) in [7, 11) is -4.49. The fourth-order valence-electron chi connectivity index (χ4n) is 3.72. The van der Waals surface area contributed by atoms with Crippen molar-refractivity contribution in [2.45, 2.75) is 42.9 Å². The van der Waals surface area contributed by atoms with Crippen molar-refractivity contribution in [3.8, 4) is 5.69 Å². The molecule has 2 aromatic carbocycles. The summed E-state index contributed by atoms with van der Waals surface area (Å²) in [5.41, 5.74) is 6.88. The number of nitrogens with two attached hydrogens (primary N) is 1. The van der Waals surface area contributed by atoms with Crippen molar-refractivity contribution in [2.24, 2.45) is 5.73 Å². The minimum Gasteiger partial charge on any atom is -0.329 e. The Morgan fingerprint density at radius 3 is 2.56 bits per heavy atom. The van der Waals surface area contributed by atoms with Crippen molar-refractivity contribution in [3.05, 3.63) is 83.9 Å². The molecular weight excluding hydrogens is 497 g/mol. The molecule has 2 atom stereocenters. The quantitative estimate of drug-likeness (QED) is 0.494. The lowest BCUT2D eigenvalue weighted by atomic mass is 10.1. The van der Waals surface area contributed by atoms with Crippen LogP contribution in [0.15, 0.2) is 72.0 Å². The molecule has 13 heteroatoms. The Morgan fingerprint density at radius 1 is 1.17 bits per heavy atom. The van der Waals surface area contributed by atoms with Gasteiger partial charge in [-0.1, -0.05) is 30.3 Å². The van der Waals surface area contributed by atoms with E-state index in [0.29, 0.717) is 17.4 Å². The van der Waals surface area contributed by atoms with Crippen LogP contribution in [0, 0.1) is 0 Å². The first kappa shape index (κ1) is 25.4. The summed E-state index contributed by atoms with van der Waals surface area (Å²) in [6.07, 6.45) is -0.337. The van der Waals surface area contributed by atoms with Crippen molar-refractivity contribution >= 4 is 15.9 Å². The Kier molecular flexibility index (Phi) is 6.87. The highest BCUT2D eigenvalue weighted by Gasteiger charge is 2.38. The Bertz CT molecular complexity index is 1390. The molecule has 1 aromatic heterocycles. The molecule has 1 aliphatic rings. The Balaban J connectivity index is 1.59. The van der Waals surface area contributed by atoms with Crippen LogP contribution in [0.2, 0.25) is 0 Å². The summed E-state index contributed by atoms with van der Waals surface area (Å²) in [6.45, 7) is 1.98. The maximum atomic E-state index is 13.2. The average molecular weight is 521 g/mol. The van der Waals surface area contributed by atoms with E-state index in [1.807, 2.05) is 31.2 Å². The zero-order valence-electron chi connectivity index (χ0n) is 19.1. The molecule has 0 fully saturated rings. The fraction of sp³-hybridized carbons (Fsp3) is 0.261. The molecular formula is C23H23F3N6O3S. The highest BCUT2D eigenvalue weighted by atomic mass is 32.2. The van der Waals surface area contributed by atoms with E-state index in [1.54, 1.807) is 6.20 Å². The SMILES string of the molecule is CCC(N)c1ccc(-n2cc(CC3C(=O)NC=CN3S(=O)(=O)c3cccc(C(F)(F)F)c3)nn2)cc1. The number of carbonyl (C=O) groups is 1. The van der Waals surface area contributed by atoms with Gasteiger partial charge in [-0.25, -0.2) is 13.1 Å². The number of carbonyl (C=O) groups excluding carboxylic acids is 1. The van der Waals surface area contributed by atoms with Crippen LogP contribution in [-0.2, 0) is 27.4 Å². The Morgan fingerprint density at radius 2 is 1.89 bits per heavy atom. The Hall–Kier alpha value is -3.71. The molecule has 2 unspecified atom stereocenters. The minimum atomic E-state index is -4.72. The van der Waals surface area contributed by atoms with E-state index in [4.69, 9.17) is 5.73 Å². The summed E-state index contributed by atoms with van der Waals surface area (Å²) in [5.74, 6) is -0.652. The number of nitrogens with one attached hydrogen (secondary N) is 1. The van der Waals surface area contributed by atoms with Crippen LogP contribution in [0.25, 0.3) is 5.69 Å². The van der Waals surface area contributed by atoms with Crippen LogP contribution in [0.1, 0.15) is 36.2 Å². The van der Waals surface area contributed by atoms with E-state index in [2.05, 4.69) is 15.6 Å². The van der Waals surface area contributed by atoms with E-state index >= 15 is 0 Å². The second-order valence-corrected chi connectivity index (χ2v) is 10.0. The summed E-state index contributed by atoms with van der Waals surface area (Å²) >= 11 is 0. The van der Waals surface area contributed by atoms with Crippen LogP contribution in [0.5, 0.6) is 0 Å². The lowest BCUT2D eigenvalue weighted by Crippen LogP contribution is -2.50. The van der Waals surface area contributed by atoms with Gasteiger partial charge in [0, 0.05) is 24.9 Å². The molecule has 0 saturated carbocycles. The summed E-state index contributed by atoms with van der Waals surface area (Å²) < 4.78 is 68.1. The zero-order chi connectivity index (χ0) is 26.1. The predicted molar refractivity (Wildman–Crippen MR) is 124 cm³/mol. The number of hydrogen-bond donors (Lipinski definition) is 2. The van der Waals surface area contributed by atoms with Gasteiger partial charge >= 0.3 is 6.18 Å². The van der Waals surface area contributed by atoms with Crippen LogP contribution in [0.3, 0.4) is 0 Å². The smallest absolute Gasteiger partial charge is 0.329 e. The molecule has 0 radical (unpaired) electrons. The first-order valence-electron chi connectivity index (χ1n) is 11.0. The largest absolute Gasteiger partial charge is 0.416 e. The maximum absolute atomic E-state index is 13.2. The number of alkyl halides is 3. The van der Waals surface area contributed by atoms with Crippen molar-refractivity contribution < 1.29 is 26.4 Å². The number of halogens is 3. The second kappa shape index (κ2) is 9.74. The molecule has 1 aliphatic heterocycles. The highest BCUT2D eigenvalue weighted by Crippen LogP contribution is 2.32. The van der Waals surface area contributed by atoms with Crippen molar-refractivity contribution in [3.63, 3.8) is 0 Å². The van der Waals surface area contributed by atoms with Crippen molar-refractivity contribution in [1.82, 2.24) is 24.6 Å². The Labute approximate surface area is 205 Å². The lowest BCUT2D eigenvalue weighted by Gasteiger charge is -2.31. The van der Waals surface area contributed by atoms with Crippen molar-refractivity contribution in [2.75, 3.05) is 0 Å². The number of benzene rings is 2. The topological polar surface area (TPSA) is 123 Å². The standard InChI is InChI=1S/C23H23F3N6O3S/c1-2-20(27)15-6-8-18(9-7-15)31-14-17(29-30-31)13-21-22(33)28-10-11-32(21)36(34,35)19-5-3-4-16(12-19)23(24,25)26/h3-12,14,20-21H,2,13,27H2,1H3,(H,28,33). The van der Waals surface area contributed by atoms with E-state index in [9.17, 15) is 26.4 Å². The summed E-state index contributed by atoms with van der Waals surface area (Å²) in [4.78, 5) is 12.0. The number of nitrogens with zero attached hydrogens (tertiary/aromatic N) is 4. The van der Waals surface area contributed by atoms with Gasteiger partial charge in [0.05, 0.1) is 28.0 Å². The monoisotopic (exact) mass is 520 g/mol. The van der Waals surface area contributed by atoms with E-state index < -0.39 is 38.6 Å². The number of rotatable bonds is 7. The molecule has 2 heterocycles. The summed E-state index contributed by atoms with van der Waals surface area (Å²) in [6, 6.07) is 9.34. The number of hydrogen-bond acceptors (Lipinski definition) is 6. The molecule has 190 valence electrons. The molecule has 0 aliphatic carbocycles. The van der Waals surface area contributed by atoms with E-state index in [-0.39, 0.29) is 12.5 Å². The van der Waals surface area contributed by atoms with Gasteiger partial charge in [-0.15, -0.1) is 5.10 Å². The fourth-order valence-corrected chi connectivity index (χ4v) is 5.22. The molecule has 4 rings (SSSR count). The van der Waals surface area contributed by atoms with Crippen molar-refractivity contribution in [1.29, 1.82) is 0 Å². The third-order valence-corrected chi connectivity index (χ3v) is 7.54. The van der Waals surface area contributed by atoms with Gasteiger partial charge in [0.2, 0.25) is 5.91 Å². The predicted octanol–water partition coefficient (Wildman–Crippen LogP) is 2.90. The molecule has 0 saturated heterocycles. The van der Waals surface area contributed by atoms with Gasteiger partial charge in [0.1, 0.15) is 6.04 Å². The summed E-state index contributed by atoms with van der Waals surface area (Å²) in [5, 5.41) is 10.5. The molecule has 3 aromatic rings. The first-order valence-corrected chi connectivity index (χ1v) is 12.4. The highest BCUT2D eigenvalue weighted by molar-refractivity contribution is 7.89. The number of aromatic nitrogens is 3. The molecule has 9 nitrogen and oxygen atoms in total. The van der Waals surface area contributed by atoms with Gasteiger partial charge < -0.3 is 11.1 Å². The second-order valence-electron chi connectivity index (χ2n) is 8.17. The van der Waals surface area contributed by atoms with Crippen LogP contribution < -0.4 is 11.1 Å². The minimum absolute atomic E-state index is 0.0898. The van der Waals surface area contributed by atoms with Gasteiger partial charge in [-0.2, -0.15) is 13.2 Å². The van der Waals surface area contributed by atoms with Gasteiger partial charge in [0.25, 0.3) is 10.0 Å². The third kappa shape index (κ3) is 5.11. The lowest BCUT2D eigenvalue weighted by molar-refractivity contribution is -0.137. The normalized spacial score (nSPS) is 17.2. The molecule has 0 bridgehead atoms. The molecule has 36 heavy (non-hydrogen) atoms. The molecule has 0 spiro atoms. The van der Waals surface area contributed by atoms with Crippen LogP contribution in [-0.4, -0.2) is 39.7 Å². The maximum Gasteiger partial charge on any atom is 0.416 e. The molecule has 1 amide bonds. The van der Waals surface area contributed by atoms with Crippen LogP contribution in [0.4, 0.5) is 13.2 Å². The van der Waals surface area contributed by atoms with E-state index in [1.165, 1.54) is 4.68 Å². The molecule has 3 N–H and O–H groups in total. The van der Waals surface area contributed by atoms with Gasteiger partial charge in [0.15, 0.2) is 0 Å². The zero-order valence-corrected chi connectivity index (χ0v) is 19.9. The first-order chi connectivity index (χ1) is 17.0. The van der Waals surface area contributed by atoms with Gasteiger partial charge in [-0.05, 0) is 42.3 Å². The van der Waals surface area contributed by atoms with E-state index in [0.717, 1.165) is 46.9 Å². The average Bonchev–Trinajstić information content (AvgIpc) is 3.33. The number of amides is 1. The van der Waals surface area contributed by atoms with Gasteiger partial charge in [-0.3, -0.25) is 9.10 Å². The third-order valence-electron chi connectivity index (χ3n) is 5.76. The number of sulfonamides is 1. The van der Waals surface area contributed by atoms with Crippen LogP contribution >= 0.6 is 0 Å².